The first kappa shape index (κ1) is 24.2. The lowest BCUT2D eigenvalue weighted by Gasteiger charge is -2.23. The summed E-state index contributed by atoms with van der Waals surface area (Å²) in [5.41, 5.74) is 1.53. The van der Waals surface area contributed by atoms with Crippen LogP contribution in [-0.4, -0.2) is 42.8 Å². The maximum absolute atomic E-state index is 13.2. The predicted octanol–water partition coefficient (Wildman–Crippen LogP) is 2.75. The zero-order valence-corrected chi connectivity index (χ0v) is 19.2. The van der Waals surface area contributed by atoms with Gasteiger partial charge in [-0.2, -0.15) is 4.72 Å². The van der Waals surface area contributed by atoms with Gasteiger partial charge in [-0.05, 0) is 35.7 Å². The van der Waals surface area contributed by atoms with Crippen LogP contribution in [0.25, 0.3) is 11.1 Å². The Morgan fingerprint density at radius 1 is 1.03 bits per heavy atom. The maximum atomic E-state index is 13.2. The van der Waals surface area contributed by atoms with Crippen LogP contribution in [0.2, 0.25) is 0 Å². The van der Waals surface area contributed by atoms with Gasteiger partial charge in [0.1, 0.15) is 12.1 Å². The van der Waals surface area contributed by atoms with E-state index in [-0.39, 0.29) is 34.1 Å². The molecular formula is C24H20N2O8S. The van der Waals surface area contributed by atoms with Gasteiger partial charge in [0, 0.05) is 23.3 Å². The van der Waals surface area contributed by atoms with Gasteiger partial charge in [0.25, 0.3) is 5.69 Å². The largest absolute Gasteiger partial charge is 0.465 e. The highest BCUT2D eigenvalue weighted by atomic mass is 32.2. The van der Waals surface area contributed by atoms with Crippen LogP contribution in [0.1, 0.15) is 34.5 Å². The van der Waals surface area contributed by atoms with Crippen molar-refractivity contribution in [1.29, 1.82) is 0 Å². The lowest BCUT2D eigenvalue weighted by Crippen LogP contribution is -2.45. The molecule has 4 rings (SSSR count). The number of ketones is 1. The molecule has 2 N–H and O–H groups in total. The van der Waals surface area contributed by atoms with Gasteiger partial charge in [0.05, 0.1) is 16.4 Å². The summed E-state index contributed by atoms with van der Waals surface area (Å²) in [6.45, 7) is 1.41. The average molecular weight is 496 g/mol. The zero-order chi connectivity index (χ0) is 25.3. The third-order valence-corrected chi connectivity index (χ3v) is 7.01. The fourth-order valence-corrected chi connectivity index (χ4v) is 5.11. The van der Waals surface area contributed by atoms with E-state index in [1.54, 1.807) is 24.3 Å². The van der Waals surface area contributed by atoms with Crippen molar-refractivity contribution in [3.05, 3.63) is 93.5 Å². The molecule has 1 aliphatic carbocycles. The molecular weight excluding hydrogens is 476 g/mol. The van der Waals surface area contributed by atoms with Gasteiger partial charge in [-0.25, -0.2) is 8.42 Å². The molecule has 0 aromatic heterocycles. The number of carbonyl (C=O) groups is 2. The van der Waals surface area contributed by atoms with Crippen LogP contribution in [0.3, 0.4) is 0 Å². The summed E-state index contributed by atoms with van der Waals surface area (Å²) in [4.78, 5) is 35.5. The Kier molecular flexibility index (Phi) is 6.48. The van der Waals surface area contributed by atoms with E-state index in [9.17, 15) is 33.2 Å². The summed E-state index contributed by atoms with van der Waals surface area (Å²) in [7, 11) is -4.43. The van der Waals surface area contributed by atoms with E-state index < -0.39 is 33.1 Å². The first-order valence-electron chi connectivity index (χ1n) is 10.5. The molecule has 0 heterocycles. The van der Waals surface area contributed by atoms with Crippen molar-refractivity contribution in [3.8, 4) is 11.1 Å². The summed E-state index contributed by atoms with van der Waals surface area (Å²) in [6, 6.07) is 13.9. The number of ether oxygens (including phenoxy) is 1. The second-order valence-electron chi connectivity index (χ2n) is 7.73. The molecule has 0 amide bonds. The summed E-state index contributed by atoms with van der Waals surface area (Å²) in [5, 5.41) is 21.9. The molecule has 1 aliphatic rings. The Bertz CT molecular complexity index is 1450. The maximum Gasteiger partial charge on any atom is 0.327 e. The Morgan fingerprint density at radius 3 is 2.40 bits per heavy atom. The molecule has 11 heteroatoms. The minimum absolute atomic E-state index is 0.0560. The molecule has 0 saturated heterocycles. The number of nitro groups is 1. The Hall–Kier alpha value is -3.93. The number of non-ortho nitro benzene ring substituents is 1. The second-order valence-corrected chi connectivity index (χ2v) is 9.44. The van der Waals surface area contributed by atoms with Gasteiger partial charge in [0.15, 0.2) is 5.78 Å². The van der Waals surface area contributed by atoms with Gasteiger partial charge >= 0.3 is 5.97 Å². The smallest absolute Gasteiger partial charge is 0.327 e. The predicted molar refractivity (Wildman–Crippen MR) is 124 cm³/mol. The molecule has 10 nitrogen and oxygen atoms in total. The van der Waals surface area contributed by atoms with Crippen molar-refractivity contribution in [2.75, 3.05) is 6.61 Å². The number of hydrogen-bond donors (Lipinski definition) is 2. The number of aliphatic hydroxyl groups is 1. The Labute approximate surface area is 200 Å². The first-order valence-corrected chi connectivity index (χ1v) is 12.0. The number of nitrogens with zero attached hydrogens (tertiary/aromatic N) is 1. The van der Waals surface area contributed by atoms with E-state index in [2.05, 4.69) is 4.72 Å². The van der Waals surface area contributed by atoms with Crippen LogP contribution in [0.15, 0.2) is 71.6 Å². The normalized spacial score (nSPS) is 14.1. The molecule has 0 bridgehead atoms. The van der Waals surface area contributed by atoms with Crippen LogP contribution in [0, 0.1) is 10.1 Å². The molecule has 180 valence electrons. The van der Waals surface area contributed by atoms with Crippen LogP contribution >= 0.6 is 0 Å². The number of sulfonamides is 1. The van der Waals surface area contributed by atoms with Crippen molar-refractivity contribution >= 4 is 27.5 Å². The van der Waals surface area contributed by atoms with Gasteiger partial charge in [-0.1, -0.05) is 42.5 Å². The Morgan fingerprint density at radius 2 is 1.71 bits per heavy atom. The van der Waals surface area contributed by atoms with Gasteiger partial charge in [0.2, 0.25) is 10.0 Å². The van der Waals surface area contributed by atoms with Crippen molar-refractivity contribution in [3.63, 3.8) is 0 Å². The van der Waals surface area contributed by atoms with E-state index >= 15 is 0 Å². The number of rotatable bonds is 8. The molecule has 3 aromatic carbocycles. The monoisotopic (exact) mass is 496 g/mol. The summed E-state index contributed by atoms with van der Waals surface area (Å²) < 4.78 is 33.4. The van der Waals surface area contributed by atoms with E-state index in [0.29, 0.717) is 16.7 Å². The topological polar surface area (TPSA) is 153 Å². The summed E-state index contributed by atoms with van der Waals surface area (Å²) >= 11 is 0. The molecule has 35 heavy (non-hydrogen) atoms. The molecule has 0 saturated carbocycles. The van der Waals surface area contributed by atoms with E-state index in [1.807, 2.05) is 0 Å². The molecule has 2 atom stereocenters. The number of aliphatic hydroxyl groups excluding tert-OH is 1. The SMILES string of the molecule is CCOC(=O)[C@H](NS(=O)(=O)c1ccc2c(c1)C(=O)c1ccccc1-2)[C@@H](O)c1cccc([N+](=O)[O-])c1. The minimum atomic E-state index is -4.43. The van der Waals surface area contributed by atoms with E-state index in [0.717, 1.165) is 6.07 Å². The fraction of sp³-hybridized carbons (Fsp3) is 0.167. The van der Waals surface area contributed by atoms with Crippen LogP contribution < -0.4 is 4.72 Å². The number of hydrogen-bond acceptors (Lipinski definition) is 8. The van der Waals surface area contributed by atoms with E-state index in [4.69, 9.17) is 4.74 Å². The third kappa shape index (κ3) is 4.56. The highest BCUT2D eigenvalue weighted by Gasteiger charge is 2.36. The number of nitrogens with one attached hydrogen (secondary N) is 1. The molecule has 3 aromatic rings. The Balaban J connectivity index is 1.68. The number of fused-ring (bicyclic) bond motifs is 3. The van der Waals surface area contributed by atoms with Crippen molar-refractivity contribution in [2.24, 2.45) is 0 Å². The molecule has 0 aliphatic heterocycles. The summed E-state index contributed by atoms with van der Waals surface area (Å²) in [6.07, 6.45) is -1.79. The van der Waals surface area contributed by atoms with Crippen molar-refractivity contribution < 1.29 is 32.8 Å². The number of nitro benzene ring substituents is 1. The molecule has 0 spiro atoms. The van der Waals surface area contributed by atoms with Gasteiger partial charge in [-0.3, -0.25) is 19.7 Å². The molecule has 0 radical (unpaired) electrons. The van der Waals surface area contributed by atoms with Crippen LogP contribution in [-0.2, 0) is 19.6 Å². The molecule has 0 unspecified atom stereocenters. The van der Waals surface area contributed by atoms with Gasteiger partial charge in [-0.15, -0.1) is 0 Å². The standard InChI is InChI=1S/C24H20N2O8S/c1-2-34-24(29)21(22(27)14-6-5-7-15(12-14)26(30)31)25-35(32,33)16-10-11-18-17-8-3-4-9-19(17)23(28)20(18)13-16/h3-13,21-22,25,27H,2H2,1H3/t21-,22+/m1/s1. The number of esters is 1. The van der Waals surface area contributed by atoms with Crippen molar-refractivity contribution in [2.45, 2.75) is 24.0 Å². The number of carbonyl (C=O) groups excluding carboxylic acids is 2. The second kappa shape index (κ2) is 9.37. The fourth-order valence-electron chi connectivity index (χ4n) is 3.90. The third-order valence-electron chi connectivity index (χ3n) is 5.57. The average Bonchev–Trinajstić information content (AvgIpc) is 3.14. The van der Waals surface area contributed by atoms with Crippen LogP contribution in [0.5, 0.6) is 0 Å². The number of benzene rings is 3. The van der Waals surface area contributed by atoms with Crippen molar-refractivity contribution in [1.82, 2.24) is 4.72 Å². The summed E-state index contributed by atoms with van der Waals surface area (Å²) in [5.74, 6) is -1.40. The highest BCUT2D eigenvalue weighted by Crippen LogP contribution is 2.37. The zero-order valence-electron chi connectivity index (χ0n) is 18.4. The molecule has 0 fully saturated rings. The minimum Gasteiger partial charge on any atom is -0.465 e. The lowest BCUT2D eigenvalue weighted by atomic mass is 10.0. The first-order chi connectivity index (χ1) is 16.6. The lowest BCUT2D eigenvalue weighted by molar-refractivity contribution is -0.385. The highest BCUT2D eigenvalue weighted by molar-refractivity contribution is 7.89. The van der Waals surface area contributed by atoms with E-state index in [1.165, 1.54) is 43.3 Å². The van der Waals surface area contributed by atoms with Crippen LogP contribution in [0.4, 0.5) is 5.69 Å². The van der Waals surface area contributed by atoms with Gasteiger partial charge < -0.3 is 9.84 Å². The quantitative estimate of drug-likeness (QED) is 0.214.